The van der Waals surface area contributed by atoms with Gasteiger partial charge in [0.05, 0.1) is 11.1 Å². The van der Waals surface area contributed by atoms with E-state index in [-0.39, 0.29) is 10.6 Å². The first-order valence-corrected chi connectivity index (χ1v) is 10.7. The maximum absolute atomic E-state index is 12.7. The minimum atomic E-state index is -4.85. The second kappa shape index (κ2) is 8.54. The fourth-order valence-electron chi connectivity index (χ4n) is 3.05. The number of nitrogens with zero attached hydrogens (tertiary/aromatic N) is 4. The first-order valence-electron chi connectivity index (χ1n) is 9.23. The van der Waals surface area contributed by atoms with Crippen molar-refractivity contribution in [1.29, 1.82) is 0 Å². The van der Waals surface area contributed by atoms with E-state index in [9.17, 15) is 21.6 Å². The SMILES string of the molecule is CN(C)c1nc(N2CCCCC2)ncc1NS(=O)(=O)c1ccc(OC(F)(F)F)cc1. The van der Waals surface area contributed by atoms with Gasteiger partial charge in [0.1, 0.15) is 11.4 Å². The van der Waals surface area contributed by atoms with Crippen LogP contribution in [0, 0.1) is 0 Å². The highest BCUT2D eigenvalue weighted by Crippen LogP contribution is 2.28. The van der Waals surface area contributed by atoms with Crippen molar-refractivity contribution in [1.82, 2.24) is 9.97 Å². The van der Waals surface area contributed by atoms with Crippen molar-refractivity contribution in [3.63, 3.8) is 0 Å². The standard InChI is InChI=1S/C18H22F3N5O3S/c1-25(2)16-15(12-22-17(23-16)26-10-4-3-5-11-26)24-30(27,28)14-8-6-13(7-9-14)29-18(19,20)21/h6-9,12,24H,3-5,10-11H2,1-2H3. The number of hydrogen-bond donors (Lipinski definition) is 1. The third-order valence-electron chi connectivity index (χ3n) is 4.43. The van der Waals surface area contributed by atoms with E-state index in [2.05, 4.69) is 19.4 Å². The van der Waals surface area contributed by atoms with E-state index < -0.39 is 22.1 Å². The van der Waals surface area contributed by atoms with Gasteiger partial charge in [-0.25, -0.2) is 13.4 Å². The van der Waals surface area contributed by atoms with Crippen LogP contribution < -0.4 is 19.3 Å². The Bertz CT molecular complexity index is 976. The van der Waals surface area contributed by atoms with Gasteiger partial charge >= 0.3 is 6.36 Å². The van der Waals surface area contributed by atoms with Crippen LogP contribution in [-0.2, 0) is 10.0 Å². The van der Waals surface area contributed by atoms with Gasteiger partial charge in [-0.05, 0) is 43.5 Å². The Morgan fingerprint density at radius 2 is 1.73 bits per heavy atom. The van der Waals surface area contributed by atoms with Gasteiger partial charge in [-0.15, -0.1) is 13.2 Å². The molecule has 0 atom stereocenters. The smallest absolute Gasteiger partial charge is 0.406 e. The molecule has 12 heteroatoms. The number of anilines is 3. The molecular weight excluding hydrogens is 423 g/mol. The predicted octanol–water partition coefficient (Wildman–Crippen LogP) is 3.23. The van der Waals surface area contributed by atoms with Crippen molar-refractivity contribution < 1.29 is 26.3 Å². The van der Waals surface area contributed by atoms with E-state index in [4.69, 9.17) is 0 Å². The molecule has 1 saturated heterocycles. The summed E-state index contributed by atoms with van der Waals surface area (Å²) in [6.45, 7) is 1.68. The van der Waals surface area contributed by atoms with E-state index in [1.54, 1.807) is 19.0 Å². The number of hydrogen-bond acceptors (Lipinski definition) is 7. The summed E-state index contributed by atoms with van der Waals surface area (Å²) < 4.78 is 68.4. The molecule has 0 saturated carbocycles. The molecule has 30 heavy (non-hydrogen) atoms. The van der Waals surface area contributed by atoms with Crippen LogP contribution in [-0.4, -0.2) is 51.9 Å². The molecule has 1 fully saturated rings. The molecule has 1 aromatic carbocycles. The molecule has 8 nitrogen and oxygen atoms in total. The van der Waals surface area contributed by atoms with Gasteiger partial charge in [0, 0.05) is 27.2 Å². The Morgan fingerprint density at radius 3 is 2.30 bits per heavy atom. The van der Waals surface area contributed by atoms with Crippen LogP contribution in [0.1, 0.15) is 19.3 Å². The number of rotatable bonds is 6. The molecule has 3 rings (SSSR count). The molecule has 0 unspecified atom stereocenters. The minimum Gasteiger partial charge on any atom is -0.406 e. The van der Waals surface area contributed by atoms with E-state index in [0.717, 1.165) is 56.6 Å². The highest BCUT2D eigenvalue weighted by atomic mass is 32.2. The fourth-order valence-corrected chi connectivity index (χ4v) is 4.09. The molecule has 0 aliphatic carbocycles. The number of alkyl halides is 3. The Hall–Kier alpha value is -2.76. The van der Waals surface area contributed by atoms with E-state index in [1.165, 1.54) is 6.20 Å². The predicted molar refractivity (Wildman–Crippen MR) is 106 cm³/mol. The van der Waals surface area contributed by atoms with E-state index in [1.807, 2.05) is 4.90 Å². The average Bonchev–Trinajstić information content (AvgIpc) is 2.67. The third-order valence-corrected chi connectivity index (χ3v) is 5.81. The summed E-state index contributed by atoms with van der Waals surface area (Å²) in [6, 6.07) is 3.93. The number of nitrogens with one attached hydrogen (secondary N) is 1. The van der Waals surface area contributed by atoms with Crippen molar-refractivity contribution in [3.8, 4) is 5.75 Å². The molecule has 1 N–H and O–H groups in total. The molecule has 164 valence electrons. The van der Waals surface area contributed by atoms with Crippen LogP contribution in [0.5, 0.6) is 5.75 Å². The summed E-state index contributed by atoms with van der Waals surface area (Å²) in [6.07, 6.45) is -0.217. The lowest BCUT2D eigenvalue weighted by Gasteiger charge is -2.28. The number of benzene rings is 1. The Kier molecular flexibility index (Phi) is 6.25. The lowest BCUT2D eigenvalue weighted by molar-refractivity contribution is -0.274. The molecule has 1 aliphatic rings. The highest BCUT2D eigenvalue weighted by molar-refractivity contribution is 7.92. The lowest BCUT2D eigenvalue weighted by Crippen LogP contribution is -2.31. The summed E-state index contributed by atoms with van der Waals surface area (Å²) >= 11 is 0. The molecule has 0 amide bonds. The maximum atomic E-state index is 12.7. The summed E-state index contributed by atoms with van der Waals surface area (Å²) in [5.41, 5.74) is 0.163. The van der Waals surface area contributed by atoms with Crippen molar-refractivity contribution in [2.24, 2.45) is 0 Å². The van der Waals surface area contributed by atoms with Gasteiger partial charge in [-0.3, -0.25) is 4.72 Å². The van der Waals surface area contributed by atoms with Crippen molar-refractivity contribution in [2.45, 2.75) is 30.5 Å². The van der Waals surface area contributed by atoms with Gasteiger partial charge in [-0.2, -0.15) is 4.98 Å². The zero-order chi connectivity index (χ0) is 21.9. The van der Waals surface area contributed by atoms with Crippen LogP contribution in [0.3, 0.4) is 0 Å². The largest absolute Gasteiger partial charge is 0.573 e. The number of halogens is 3. The molecule has 0 radical (unpaired) electrons. The van der Waals surface area contributed by atoms with Crippen LogP contribution in [0.15, 0.2) is 35.4 Å². The fraction of sp³-hybridized carbons (Fsp3) is 0.444. The second-order valence-corrected chi connectivity index (χ2v) is 8.66. The zero-order valence-corrected chi connectivity index (χ0v) is 17.3. The second-order valence-electron chi connectivity index (χ2n) is 6.97. The van der Waals surface area contributed by atoms with Crippen molar-refractivity contribution in [3.05, 3.63) is 30.5 Å². The lowest BCUT2D eigenvalue weighted by atomic mass is 10.1. The van der Waals surface area contributed by atoms with Gasteiger partial charge in [-0.1, -0.05) is 0 Å². The molecule has 0 spiro atoms. The third kappa shape index (κ3) is 5.43. The van der Waals surface area contributed by atoms with Gasteiger partial charge < -0.3 is 14.5 Å². The van der Waals surface area contributed by atoms with Crippen LogP contribution >= 0.6 is 0 Å². The summed E-state index contributed by atoms with van der Waals surface area (Å²) in [7, 11) is -0.623. The Labute approximate surface area is 172 Å². The highest BCUT2D eigenvalue weighted by Gasteiger charge is 2.31. The maximum Gasteiger partial charge on any atom is 0.573 e. The topological polar surface area (TPSA) is 87.7 Å². The zero-order valence-electron chi connectivity index (χ0n) is 16.5. The molecule has 2 heterocycles. The first kappa shape index (κ1) is 21.9. The molecule has 0 bridgehead atoms. The van der Waals surface area contributed by atoms with E-state index >= 15 is 0 Å². The summed E-state index contributed by atoms with van der Waals surface area (Å²) in [5, 5.41) is 0. The summed E-state index contributed by atoms with van der Waals surface area (Å²) in [5.74, 6) is 0.394. The van der Waals surface area contributed by atoms with Crippen molar-refractivity contribution in [2.75, 3.05) is 41.7 Å². The van der Waals surface area contributed by atoms with Crippen LogP contribution in [0.25, 0.3) is 0 Å². The number of piperidine rings is 1. The Balaban J connectivity index is 1.83. The molecular formula is C18H22F3N5O3S. The van der Waals surface area contributed by atoms with Gasteiger partial charge in [0.25, 0.3) is 10.0 Å². The number of aromatic nitrogens is 2. The molecule has 1 aromatic heterocycles. The van der Waals surface area contributed by atoms with Gasteiger partial charge in [0.2, 0.25) is 5.95 Å². The van der Waals surface area contributed by atoms with Crippen LogP contribution in [0.4, 0.5) is 30.6 Å². The normalized spacial score (nSPS) is 15.0. The molecule has 2 aromatic rings. The quantitative estimate of drug-likeness (QED) is 0.730. The minimum absolute atomic E-state index is 0.163. The Morgan fingerprint density at radius 1 is 1.10 bits per heavy atom. The average molecular weight is 445 g/mol. The molecule has 1 aliphatic heterocycles. The number of ether oxygens (including phenoxy) is 1. The first-order chi connectivity index (χ1) is 14.0. The summed E-state index contributed by atoms with van der Waals surface area (Å²) in [4.78, 5) is 12.3. The number of sulfonamides is 1. The monoisotopic (exact) mass is 445 g/mol. The van der Waals surface area contributed by atoms with Gasteiger partial charge in [0.15, 0.2) is 5.82 Å². The van der Waals surface area contributed by atoms with E-state index in [0.29, 0.717) is 11.8 Å². The van der Waals surface area contributed by atoms with Crippen LogP contribution in [0.2, 0.25) is 0 Å². The van der Waals surface area contributed by atoms with Crippen molar-refractivity contribution >= 4 is 27.5 Å².